The molecular weight excluding hydrogens is 366 g/mol. The number of hydrogen-bond acceptors (Lipinski definition) is 8. The number of nitrogens with one attached hydrogen (secondary N) is 4. The van der Waals surface area contributed by atoms with Crippen LogP contribution in [-0.4, -0.2) is 45.2 Å². The molecule has 2 aromatic rings. The summed E-state index contributed by atoms with van der Waals surface area (Å²) in [6.45, 7) is 2.02. The average Bonchev–Trinajstić information content (AvgIpc) is 2.99. The summed E-state index contributed by atoms with van der Waals surface area (Å²) in [5, 5.41) is 23.1. The fourth-order valence-electron chi connectivity index (χ4n) is 3.99. The quantitative estimate of drug-likeness (QED) is 0.372. The summed E-state index contributed by atoms with van der Waals surface area (Å²) in [5.41, 5.74) is 0.822. The molecule has 8 heteroatoms. The molecule has 29 heavy (non-hydrogen) atoms. The van der Waals surface area contributed by atoms with E-state index in [4.69, 9.17) is 0 Å². The number of nitrogens with zero attached hydrogens (tertiary/aromatic N) is 3. The highest BCUT2D eigenvalue weighted by Gasteiger charge is 2.18. The van der Waals surface area contributed by atoms with E-state index in [9.17, 15) is 5.11 Å². The monoisotopic (exact) mass is 397 g/mol. The minimum Gasteiger partial charge on any atom is -0.508 e. The van der Waals surface area contributed by atoms with Crippen molar-refractivity contribution in [2.24, 2.45) is 0 Å². The molecule has 0 radical (unpaired) electrons. The summed E-state index contributed by atoms with van der Waals surface area (Å²) in [6.07, 6.45) is 9.54. The molecule has 156 valence electrons. The predicted molar refractivity (Wildman–Crippen MR) is 116 cm³/mol. The Morgan fingerprint density at radius 3 is 1.90 bits per heavy atom. The maximum Gasteiger partial charge on any atom is 0.233 e. The van der Waals surface area contributed by atoms with Crippen LogP contribution in [0.25, 0.3) is 0 Å². The summed E-state index contributed by atoms with van der Waals surface area (Å²) in [4.78, 5) is 13.9. The first-order valence-electron chi connectivity index (χ1n) is 10.8. The number of hydrogen-bond donors (Lipinski definition) is 5. The number of anilines is 4. The molecule has 5 N–H and O–H groups in total. The van der Waals surface area contributed by atoms with E-state index in [-0.39, 0.29) is 5.75 Å². The normalized spacial score (nSPS) is 18.8. The number of benzene rings is 1. The molecule has 1 aromatic heterocycles. The van der Waals surface area contributed by atoms with Gasteiger partial charge in [0.15, 0.2) is 0 Å². The smallest absolute Gasteiger partial charge is 0.233 e. The Labute approximate surface area is 172 Å². The molecule has 4 rings (SSSR count). The third-order valence-electron chi connectivity index (χ3n) is 5.62. The maximum atomic E-state index is 9.50. The zero-order chi connectivity index (χ0) is 19.9. The van der Waals surface area contributed by atoms with Gasteiger partial charge in [-0.1, -0.05) is 25.7 Å². The van der Waals surface area contributed by atoms with Crippen molar-refractivity contribution in [2.45, 2.75) is 63.5 Å². The fraction of sp³-hybridized carbons (Fsp3) is 0.571. The summed E-state index contributed by atoms with van der Waals surface area (Å²) in [5.74, 6) is 1.95. The number of rotatable bonds is 6. The molecule has 0 amide bonds. The number of aromatic nitrogens is 3. The van der Waals surface area contributed by atoms with Gasteiger partial charge < -0.3 is 26.4 Å². The van der Waals surface area contributed by atoms with Crippen molar-refractivity contribution < 1.29 is 5.11 Å². The Balaban J connectivity index is 1.52. The van der Waals surface area contributed by atoms with Gasteiger partial charge in [0.05, 0.1) is 0 Å². The summed E-state index contributed by atoms with van der Waals surface area (Å²) >= 11 is 0. The highest BCUT2D eigenvalue weighted by molar-refractivity contribution is 5.56. The largest absolute Gasteiger partial charge is 0.508 e. The SMILES string of the molecule is Oc1ccc(Nc2nc(NC3CCCCCC3)nc(NC3CCNCC3)n2)cc1. The zero-order valence-electron chi connectivity index (χ0n) is 16.8. The van der Waals surface area contributed by atoms with Crippen LogP contribution in [0.1, 0.15) is 51.4 Å². The van der Waals surface area contributed by atoms with Crippen molar-refractivity contribution in [3.8, 4) is 5.75 Å². The molecule has 0 unspecified atom stereocenters. The first kappa shape index (κ1) is 19.7. The molecule has 1 aromatic carbocycles. The lowest BCUT2D eigenvalue weighted by molar-refractivity contribution is 0.475. The van der Waals surface area contributed by atoms with Crippen LogP contribution in [-0.2, 0) is 0 Å². The van der Waals surface area contributed by atoms with Gasteiger partial charge in [-0.05, 0) is 63.0 Å². The lowest BCUT2D eigenvalue weighted by Gasteiger charge is -2.24. The highest BCUT2D eigenvalue weighted by Crippen LogP contribution is 2.23. The van der Waals surface area contributed by atoms with Gasteiger partial charge in [0.1, 0.15) is 5.75 Å². The van der Waals surface area contributed by atoms with Gasteiger partial charge in [-0.25, -0.2) is 0 Å². The molecule has 2 aliphatic rings. The molecule has 2 fully saturated rings. The van der Waals surface area contributed by atoms with Crippen LogP contribution in [0.2, 0.25) is 0 Å². The number of piperidine rings is 1. The van der Waals surface area contributed by atoms with Crippen LogP contribution in [0.3, 0.4) is 0 Å². The maximum absolute atomic E-state index is 9.50. The molecule has 8 nitrogen and oxygen atoms in total. The van der Waals surface area contributed by atoms with Gasteiger partial charge in [0.2, 0.25) is 17.8 Å². The third-order valence-corrected chi connectivity index (χ3v) is 5.62. The molecule has 0 atom stereocenters. The van der Waals surface area contributed by atoms with E-state index >= 15 is 0 Å². The molecule has 1 saturated heterocycles. The Morgan fingerprint density at radius 2 is 1.28 bits per heavy atom. The molecule has 0 spiro atoms. The van der Waals surface area contributed by atoms with Gasteiger partial charge in [-0.3, -0.25) is 0 Å². The lowest BCUT2D eigenvalue weighted by Crippen LogP contribution is -2.36. The van der Waals surface area contributed by atoms with Crippen LogP contribution < -0.4 is 21.3 Å². The van der Waals surface area contributed by atoms with Gasteiger partial charge in [0.25, 0.3) is 0 Å². The second-order valence-electron chi connectivity index (χ2n) is 7.98. The standard InChI is InChI=1S/C21H31N7O/c29-18-9-7-16(8-10-18)24-20-26-19(23-15-5-3-1-2-4-6-15)27-21(28-20)25-17-11-13-22-14-12-17/h7-10,15,17,22,29H,1-6,11-14H2,(H3,23,24,25,26,27,28). The Morgan fingerprint density at radius 1 is 0.724 bits per heavy atom. The molecule has 2 heterocycles. The van der Waals surface area contributed by atoms with Gasteiger partial charge in [-0.15, -0.1) is 0 Å². The van der Waals surface area contributed by atoms with Crippen LogP contribution in [0.4, 0.5) is 23.5 Å². The van der Waals surface area contributed by atoms with Crippen molar-refractivity contribution in [1.82, 2.24) is 20.3 Å². The fourth-order valence-corrected chi connectivity index (χ4v) is 3.99. The topological polar surface area (TPSA) is 107 Å². The first-order chi connectivity index (χ1) is 14.2. The molecule has 0 bridgehead atoms. The predicted octanol–water partition coefficient (Wildman–Crippen LogP) is 3.62. The van der Waals surface area contributed by atoms with E-state index in [1.165, 1.54) is 25.7 Å². The summed E-state index contributed by atoms with van der Waals surface area (Å²) < 4.78 is 0. The van der Waals surface area contributed by atoms with Crippen molar-refractivity contribution in [3.63, 3.8) is 0 Å². The number of aromatic hydroxyl groups is 1. The average molecular weight is 398 g/mol. The van der Waals surface area contributed by atoms with Gasteiger partial charge in [-0.2, -0.15) is 15.0 Å². The molecule has 1 saturated carbocycles. The van der Waals surface area contributed by atoms with E-state index in [2.05, 4.69) is 36.2 Å². The van der Waals surface area contributed by atoms with Crippen molar-refractivity contribution in [1.29, 1.82) is 0 Å². The summed E-state index contributed by atoms with van der Waals surface area (Å²) in [7, 11) is 0. The van der Waals surface area contributed by atoms with Crippen LogP contribution in [0.15, 0.2) is 24.3 Å². The van der Waals surface area contributed by atoms with Gasteiger partial charge in [0, 0.05) is 17.8 Å². The van der Waals surface area contributed by atoms with Crippen LogP contribution in [0.5, 0.6) is 5.75 Å². The Bertz CT molecular complexity index is 769. The first-order valence-corrected chi connectivity index (χ1v) is 10.8. The van der Waals surface area contributed by atoms with E-state index in [0.29, 0.717) is 29.9 Å². The Kier molecular flexibility index (Phi) is 6.61. The summed E-state index contributed by atoms with van der Waals surface area (Å²) in [6, 6.07) is 7.67. The minimum atomic E-state index is 0.232. The van der Waals surface area contributed by atoms with Crippen LogP contribution in [0, 0.1) is 0 Å². The lowest BCUT2D eigenvalue weighted by atomic mass is 10.1. The van der Waals surface area contributed by atoms with Crippen LogP contribution >= 0.6 is 0 Å². The van der Waals surface area contributed by atoms with Crippen molar-refractivity contribution in [2.75, 3.05) is 29.0 Å². The van der Waals surface area contributed by atoms with E-state index in [1.807, 2.05) is 0 Å². The zero-order valence-corrected chi connectivity index (χ0v) is 16.8. The highest BCUT2D eigenvalue weighted by atomic mass is 16.3. The van der Waals surface area contributed by atoms with E-state index < -0.39 is 0 Å². The number of phenols is 1. The molecule has 1 aliphatic heterocycles. The Hall–Kier alpha value is -2.61. The van der Waals surface area contributed by atoms with Crippen molar-refractivity contribution >= 4 is 23.5 Å². The second-order valence-corrected chi connectivity index (χ2v) is 7.98. The molecular formula is C21H31N7O. The second kappa shape index (κ2) is 9.73. The number of phenolic OH excluding ortho intramolecular Hbond substituents is 1. The van der Waals surface area contributed by atoms with E-state index in [0.717, 1.165) is 44.5 Å². The van der Waals surface area contributed by atoms with E-state index in [1.54, 1.807) is 24.3 Å². The molecule has 1 aliphatic carbocycles. The van der Waals surface area contributed by atoms with Crippen molar-refractivity contribution in [3.05, 3.63) is 24.3 Å². The third kappa shape index (κ3) is 5.93. The minimum absolute atomic E-state index is 0.232. The van der Waals surface area contributed by atoms with Gasteiger partial charge >= 0.3 is 0 Å².